The van der Waals surface area contributed by atoms with Crippen LogP contribution >= 0.6 is 0 Å². The molecular formula is C12H14F3NO. The van der Waals surface area contributed by atoms with E-state index in [4.69, 9.17) is 0 Å². The Morgan fingerprint density at radius 1 is 1.35 bits per heavy atom. The molecule has 5 heteroatoms. The van der Waals surface area contributed by atoms with E-state index in [1.165, 1.54) is 20.9 Å². The first kappa shape index (κ1) is 13.7. The molecule has 0 saturated heterocycles. The van der Waals surface area contributed by atoms with Gasteiger partial charge in [0.1, 0.15) is 5.67 Å². The number of ketones is 1. The molecule has 2 nitrogen and oxygen atoms in total. The van der Waals surface area contributed by atoms with E-state index in [-0.39, 0.29) is 12.1 Å². The fourth-order valence-corrected chi connectivity index (χ4v) is 1.39. The van der Waals surface area contributed by atoms with Gasteiger partial charge in [0.15, 0.2) is 17.4 Å². The van der Waals surface area contributed by atoms with E-state index in [0.29, 0.717) is 0 Å². The number of nitrogens with one attached hydrogen (secondary N) is 1. The summed E-state index contributed by atoms with van der Waals surface area (Å²) >= 11 is 0. The second-order valence-corrected chi connectivity index (χ2v) is 4.25. The number of carbonyl (C=O) groups is 1. The summed E-state index contributed by atoms with van der Waals surface area (Å²) in [6.07, 6.45) is 0. The van der Waals surface area contributed by atoms with Crippen LogP contribution < -0.4 is 5.32 Å². The highest BCUT2D eigenvalue weighted by molar-refractivity contribution is 5.98. The lowest BCUT2D eigenvalue weighted by molar-refractivity contribution is 0.0988. The van der Waals surface area contributed by atoms with Crippen molar-refractivity contribution >= 4 is 5.78 Å². The second kappa shape index (κ2) is 4.87. The molecule has 0 aliphatic heterocycles. The Labute approximate surface area is 97.8 Å². The monoisotopic (exact) mass is 245 g/mol. The molecule has 0 spiro atoms. The largest absolute Gasteiger partial charge is 0.313 e. The molecule has 0 unspecified atom stereocenters. The highest BCUT2D eigenvalue weighted by Crippen LogP contribution is 2.27. The van der Waals surface area contributed by atoms with Crippen LogP contribution in [-0.4, -0.2) is 19.4 Å². The second-order valence-electron chi connectivity index (χ2n) is 4.25. The van der Waals surface area contributed by atoms with Crippen molar-refractivity contribution in [2.24, 2.45) is 0 Å². The molecule has 1 N–H and O–H groups in total. The summed E-state index contributed by atoms with van der Waals surface area (Å²) < 4.78 is 40.3. The molecule has 1 aromatic rings. The van der Waals surface area contributed by atoms with Crippen molar-refractivity contribution in [1.82, 2.24) is 5.32 Å². The van der Waals surface area contributed by atoms with Gasteiger partial charge in [-0.2, -0.15) is 0 Å². The van der Waals surface area contributed by atoms with Gasteiger partial charge in [-0.05, 0) is 38.6 Å². The van der Waals surface area contributed by atoms with Gasteiger partial charge in [-0.25, -0.2) is 13.2 Å². The van der Waals surface area contributed by atoms with E-state index in [0.717, 1.165) is 12.1 Å². The van der Waals surface area contributed by atoms with Crippen molar-refractivity contribution in [2.45, 2.75) is 19.5 Å². The zero-order valence-corrected chi connectivity index (χ0v) is 9.90. The Balaban J connectivity index is 3.30. The molecule has 17 heavy (non-hydrogen) atoms. The summed E-state index contributed by atoms with van der Waals surface area (Å²) in [7, 11) is 1.51. The predicted molar refractivity (Wildman–Crippen MR) is 58.7 cm³/mol. The van der Waals surface area contributed by atoms with Crippen LogP contribution in [0.25, 0.3) is 0 Å². The number of carbonyl (C=O) groups excluding carboxylic acids is 1. The predicted octanol–water partition coefficient (Wildman–Crippen LogP) is 2.57. The zero-order chi connectivity index (χ0) is 13.2. The Bertz CT molecular complexity index is 438. The van der Waals surface area contributed by atoms with Gasteiger partial charge in [-0.3, -0.25) is 4.79 Å². The molecule has 0 aliphatic rings. The number of hydrogen-bond acceptors (Lipinski definition) is 2. The van der Waals surface area contributed by atoms with Gasteiger partial charge in [0.05, 0.1) is 12.1 Å². The number of hydrogen-bond donors (Lipinski definition) is 1. The Morgan fingerprint density at radius 3 is 2.41 bits per heavy atom. The third-order valence-corrected chi connectivity index (χ3v) is 2.35. The van der Waals surface area contributed by atoms with Crippen molar-refractivity contribution in [3.05, 3.63) is 34.9 Å². The molecule has 0 radical (unpaired) electrons. The molecule has 0 bridgehead atoms. The minimum atomic E-state index is -1.83. The molecule has 0 atom stereocenters. The smallest absolute Gasteiger partial charge is 0.179 e. The molecule has 0 fully saturated rings. The molecule has 1 rings (SSSR count). The summed E-state index contributed by atoms with van der Waals surface area (Å²) in [6, 6.07) is 1.82. The van der Waals surface area contributed by atoms with Gasteiger partial charge >= 0.3 is 0 Å². The van der Waals surface area contributed by atoms with Gasteiger partial charge in [-0.1, -0.05) is 0 Å². The Kier molecular flexibility index (Phi) is 3.93. The lowest BCUT2D eigenvalue weighted by Gasteiger charge is -2.16. The van der Waals surface area contributed by atoms with E-state index < -0.39 is 28.6 Å². The molecule has 0 heterocycles. The van der Waals surface area contributed by atoms with Crippen molar-refractivity contribution in [2.75, 3.05) is 13.6 Å². The van der Waals surface area contributed by atoms with Crippen LogP contribution in [-0.2, 0) is 5.67 Å². The van der Waals surface area contributed by atoms with E-state index in [1.54, 1.807) is 0 Å². The molecule has 0 saturated carbocycles. The van der Waals surface area contributed by atoms with Crippen LogP contribution in [0, 0.1) is 11.6 Å². The van der Waals surface area contributed by atoms with Crippen molar-refractivity contribution < 1.29 is 18.0 Å². The Morgan fingerprint density at radius 2 is 1.94 bits per heavy atom. The first-order valence-corrected chi connectivity index (χ1v) is 5.13. The summed E-state index contributed by atoms with van der Waals surface area (Å²) in [5.74, 6) is -3.07. The maximum Gasteiger partial charge on any atom is 0.179 e. The first-order chi connectivity index (χ1) is 7.77. The average Bonchev–Trinajstić information content (AvgIpc) is 2.20. The normalized spacial score (nSPS) is 11.6. The molecule has 0 aromatic heterocycles. The van der Waals surface area contributed by atoms with Crippen molar-refractivity contribution in [3.8, 4) is 0 Å². The number of benzene rings is 1. The van der Waals surface area contributed by atoms with Crippen LogP contribution in [0.2, 0.25) is 0 Å². The lowest BCUT2D eigenvalue weighted by Crippen LogP contribution is -2.21. The fourth-order valence-electron chi connectivity index (χ4n) is 1.39. The molecule has 1 aromatic carbocycles. The third kappa shape index (κ3) is 3.06. The first-order valence-electron chi connectivity index (χ1n) is 5.13. The molecular weight excluding hydrogens is 231 g/mol. The minimum absolute atomic E-state index is 0.0594. The maximum atomic E-state index is 13.6. The van der Waals surface area contributed by atoms with Crippen LogP contribution in [0.15, 0.2) is 12.1 Å². The van der Waals surface area contributed by atoms with Crippen LogP contribution in [0.3, 0.4) is 0 Å². The maximum absolute atomic E-state index is 13.6. The van der Waals surface area contributed by atoms with E-state index in [9.17, 15) is 18.0 Å². The van der Waals surface area contributed by atoms with Gasteiger partial charge in [0.25, 0.3) is 0 Å². The van der Waals surface area contributed by atoms with Gasteiger partial charge in [0.2, 0.25) is 0 Å². The van der Waals surface area contributed by atoms with E-state index in [1.807, 2.05) is 0 Å². The number of rotatable bonds is 4. The summed E-state index contributed by atoms with van der Waals surface area (Å²) in [6.45, 7) is 2.30. The third-order valence-electron chi connectivity index (χ3n) is 2.35. The van der Waals surface area contributed by atoms with Gasteiger partial charge in [-0.15, -0.1) is 0 Å². The summed E-state index contributed by atoms with van der Waals surface area (Å²) in [4.78, 5) is 11.5. The molecule has 0 aliphatic carbocycles. The quantitative estimate of drug-likeness (QED) is 0.826. The summed E-state index contributed by atoms with van der Waals surface area (Å²) in [5, 5.41) is 2.54. The lowest BCUT2D eigenvalue weighted by atomic mass is 9.96. The van der Waals surface area contributed by atoms with Gasteiger partial charge in [0, 0.05) is 0 Å². The highest BCUT2D eigenvalue weighted by atomic mass is 19.2. The Hall–Kier alpha value is -1.36. The zero-order valence-electron chi connectivity index (χ0n) is 9.90. The van der Waals surface area contributed by atoms with Crippen LogP contribution in [0.1, 0.15) is 29.8 Å². The minimum Gasteiger partial charge on any atom is -0.313 e. The van der Waals surface area contributed by atoms with Gasteiger partial charge < -0.3 is 5.32 Å². The highest BCUT2D eigenvalue weighted by Gasteiger charge is 2.24. The standard InChI is InChI=1S/C12H14F3NO/c1-12(2,15)7-4-8(10(17)6-16-3)11(14)9(13)5-7/h4-5,16H,6H2,1-3H3. The summed E-state index contributed by atoms with van der Waals surface area (Å²) in [5.41, 5.74) is -2.32. The van der Waals surface area contributed by atoms with Crippen LogP contribution in [0.5, 0.6) is 0 Å². The fraction of sp³-hybridized carbons (Fsp3) is 0.417. The number of Topliss-reactive ketones (excluding diaryl/α,β-unsaturated/α-hetero) is 1. The van der Waals surface area contributed by atoms with E-state index in [2.05, 4.69) is 5.32 Å². The van der Waals surface area contributed by atoms with E-state index >= 15 is 0 Å². The molecule has 94 valence electrons. The number of halogens is 3. The number of alkyl halides is 1. The average molecular weight is 245 g/mol. The molecule has 0 amide bonds. The number of likely N-dealkylation sites (N-methyl/N-ethyl adjacent to an activating group) is 1. The van der Waals surface area contributed by atoms with Crippen molar-refractivity contribution in [1.29, 1.82) is 0 Å². The van der Waals surface area contributed by atoms with Crippen LogP contribution in [0.4, 0.5) is 13.2 Å². The topological polar surface area (TPSA) is 29.1 Å². The van der Waals surface area contributed by atoms with Crippen molar-refractivity contribution in [3.63, 3.8) is 0 Å². The SMILES string of the molecule is CNCC(=O)c1cc(C(C)(C)F)cc(F)c1F.